The number of amides is 1. The minimum Gasteiger partial charge on any atom is -0.486 e. The van der Waals surface area contributed by atoms with Crippen molar-refractivity contribution in [3.05, 3.63) is 53.9 Å². The maximum Gasteiger partial charge on any atom is 0.427 e. The molecule has 1 amide bonds. The number of nitrogens with one attached hydrogen (secondary N) is 2. The fourth-order valence-electron chi connectivity index (χ4n) is 4.25. The van der Waals surface area contributed by atoms with Crippen LogP contribution < -0.4 is 14.4 Å². The Bertz CT molecular complexity index is 1490. The molecule has 3 aromatic rings. The SMILES string of the molecule is CC(C)(OC(=O)Nc1ccc2c(c1)N(S(=O)(=O)c1cccc(C3CC3)c1)CC(CCc1nn[nH]n1)O2)C(F)(F)F. The van der Waals surface area contributed by atoms with Crippen molar-refractivity contribution in [3.63, 3.8) is 0 Å². The van der Waals surface area contributed by atoms with E-state index in [0.29, 0.717) is 24.6 Å². The summed E-state index contributed by atoms with van der Waals surface area (Å²) in [7, 11) is -4.09. The highest BCUT2D eigenvalue weighted by atomic mass is 32.2. The summed E-state index contributed by atoms with van der Waals surface area (Å²) in [5.41, 5.74) is -1.64. The molecule has 1 aliphatic carbocycles. The summed E-state index contributed by atoms with van der Waals surface area (Å²) < 4.78 is 79.2. The number of sulfonamides is 1. The number of halogens is 3. The number of aromatic nitrogens is 4. The van der Waals surface area contributed by atoms with E-state index in [4.69, 9.17) is 4.74 Å². The van der Waals surface area contributed by atoms with Gasteiger partial charge in [0.1, 0.15) is 11.9 Å². The van der Waals surface area contributed by atoms with Gasteiger partial charge in [-0.05, 0) is 74.9 Å². The van der Waals surface area contributed by atoms with Crippen LogP contribution in [0.3, 0.4) is 0 Å². The second-order valence-electron chi connectivity index (χ2n) is 10.2. The zero-order chi connectivity index (χ0) is 28.7. The zero-order valence-corrected chi connectivity index (χ0v) is 22.4. The average molecular weight is 581 g/mol. The summed E-state index contributed by atoms with van der Waals surface area (Å²) in [6, 6.07) is 10.9. The van der Waals surface area contributed by atoms with Crippen molar-refractivity contribution in [2.45, 2.75) is 68.2 Å². The van der Waals surface area contributed by atoms with Crippen LogP contribution in [0.4, 0.5) is 29.3 Å². The predicted molar refractivity (Wildman–Crippen MR) is 137 cm³/mol. The Morgan fingerprint density at radius 3 is 2.65 bits per heavy atom. The summed E-state index contributed by atoms with van der Waals surface area (Å²) in [6.07, 6.45) is -3.94. The van der Waals surface area contributed by atoms with Crippen molar-refractivity contribution in [1.29, 1.82) is 0 Å². The van der Waals surface area contributed by atoms with Gasteiger partial charge in [-0.15, -0.1) is 10.2 Å². The number of tetrazole rings is 1. The van der Waals surface area contributed by atoms with Crippen molar-refractivity contribution in [3.8, 4) is 5.75 Å². The van der Waals surface area contributed by atoms with Crippen molar-refractivity contribution in [1.82, 2.24) is 20.6 Å². The van der Waals surface area contributed by atoms with Crippen LogP contribution in [0.2, 0.25) is 0 Å². The Morgan fingerprint density at radius 1 is 1.20 bits per heavy atom. The number of hydrogen-bond donors (Lipinski definition) is 2. The molecule has 0 bridgehead atoms. The summed E-state index contributed by atoms with van der Waals surface area (Å²) in [6.45, 7) is 1.40. The first-order valence-electron chi connectivity index (χ1n) is 12.6. The standard InChI is InChI=1S/C25H27F3N6O5S/c1-24(2,25(26,27)28)39-23(35)29-17-8-10-21-20(13-17)34(14-18(38-21)9-11-22-30-32-33-31-22)40(36,37)19-5-3-4-16(12-19)15-6-7-15/h3-5,8,10,12-13,15,18H,6-7,9,11,14H2,1-2H3,(H,29,35)(H,30,31,32,33). The van der Waals surface area contributed by atoms with E-state index in [1.165, 1.54) is 28.6 Å². The van der Waals surface area contributed by atoms with Gasteiger partial charge in [-0.25, -0.2) is 13.2 Å². The number of fused-ring (bicyclic) bond motifs is 1. The van der Waals surface area contributed by atoms with E-state index in [-0.39, 0.29) is 28.6 Å². The number of rotatable bonds is 8. The van der Waals surface area contributed by atoms with Gasteiger partial charge in [-0.2, -0.15) is 18.4 Å². The van der Waals surface area contributed by atoms with Gasteiger partial charge in [-0.3, -0.25) is 9.62 Å². The number of carbonyl (C=O) groups is 1. The molecular weight excluding hydrogens is 553 g/mol. The van der Waals surface area contributed by atoms with E-state index in [0.717, 1.165) is 32.3 Å². The third-order valence-corrected chi connectivity index (χ3v) is 8.52. The summed E-state index contributed by atoms with van der Waals surface area (Å²) >= 11 is 0. The number of anilines is 2. The first-order chi connectivity index (χ1) is 18.8. The first kappa shape index (κ1) is 27.7. The topological polar surface area (TPSA) is 139 Å². The highest BCUT2D eigenvalue weighted by molar-refractivity contribution is 7.92. The monoisotopic (exact) mass is 580 g/mol. The van der Waals surface area contributed by atoms with Crippen LogP contribution in [-0.2, 0) is 21.2 Å². The molecule has 2 aromatic carbocycles. The normalized spacial score (nSPS) is 17.6. The number of carbonyl (C=O) groups excluding carboxylic acids is 1. The third kappa shape index (κ3) is 5.83. The Labute approximate surface area is 228 Å². The highest BCUT2D eigenvalue weighted by Crippen LogP contribution is 2.43. The Morgan fingerprint density at radius 2 is 1.98 bits per heavy atom. The molecule has 1 aliphatic heterocycles. The Kier molecular flexibility index (Phi) is 7.10. The van der Waals surface area contributed by atoms with Crippen LogP contribution in [0.1, 0.15) is 50.4 Å². The lowest BCUT2D eigenvalue weighted by Gasteiger charge is -2.36. The van der Waals surface area contributed by atoms with Crippen molar-refractivity contribution >= 4 is 27.5 Å². The minimum absolute atomic E-state index is 0.0301. The minimum atomic E-state index is -4.79. The molecule has 0 spiro atoms. The van der Waals surface area contributed by atoms with Gasteiger partial charge in [0, 0.05) is 12.1 Å². The van der Waals surface area contributed by atoms with Crippen LogP contribution in [0, 0.1) is 0 Å². The Hall–Kier alpha value is -3.88. The molecule has 2 heterocycles. The lowest BCUT2D eigenvalue weighted by atomic mass is 10.1. The molecule has 2 aliphatic rings. The van der Waals surface area contributed by atoms with Gasteiger partial charge in [0.2, 0.25) is 5.60 Å². The van der Waals surface area contributed by atoms with Crippen LogP contribution in [0.5, 0.6) is 5.75 Å². The van der Waals surface area contributed by atoms with Crippen molar-refractivity contribution in [2.75, 3.05) is 16.2 Å². The van der Waals surface area contributed by atoms with Crippen LogP contribution in [-0.4, -0.2) is 59.6 Å². The Balaban J connectivity index is 1.44. The van der Waals surface area contributed by atoms with Gasteiger partial charge < -0.3 is 9.47 Å². The number of hydrogen-bond acceptors (Lipinski definition) is 8. The molecule has 0 radical (unpaired) electrons. The molecular formula is C25H27F3N6O5S. The number of ether oxygens (including phenoxy) is 2. The van der Waals surface area contributed by atoms with Crippen LogP contribution >= 0.6 is 0 Å². The number of H-pyrrole nitrogens is 1. The number of alkyl halides is 3. The number of nitrogens with zero attached hydrogens (tertiary/aromatic N) is 4. The summed E-state index contributed by atoms with van der Waals surface area (Å²) in [4.78, 5) is 12.4. The molecule has 0 saturated heterocycles. The fourth-order valence-corrected chi connectivity index (χ4v) is 5.81. The van der Waals surface area contributed by atoms with E-state index in [1.807, 2.05) is 6.07 Å². The fraction of sp³-hybridized carbons (Fsp3) is 0.440. The molecule has 1 unspecified atom stereocenters. The van der Waals surface area contributed by atoms with Crippen molar-refractivity contribution in [2.24, 2.45) is 0 Å². The molecule has 11 nitrogen and oxygen atoms in total. The zero-order valence-electron chi connectivity index (χ0n) is 21.6. The van der Waals surface area contributed by atoms with E-state index in [1.54, 1.807) is 12.1 Å². The second-order valence-corrected chi connectivity index (χ2v) is 12.1. The molecule has 1 fully saturated rings. The summed E-state index contributed by atoms with van der Waals surface area (Å²) in [5, 5.41) is 16.0. The quantitative estimate of drug-likeness (QED) is 0.396. The van der Waals surface area contributed by atoms with E-state index in [9.17, 15) is 26.4 Å². The maximum absolute atomic E-state index is 13.9. The number of aryl methyl sites for hydroxylation is 1. The molecule has 40 heavy (non-hydrogen) atoms. The molecule has 2 N–H and O–H groups in total. The lowest BCUT2D eigenvalue weighted by molar-refractivity contribution is -0.242. The van der Waals surface area contributed by atoms with E-state index < -0.39 is 34.0 Å². The molecule has 5 rings (SSSR count). The lowest BCUT2D eigenvalue weighted by Crippen LogP contribution is -2.44. The van der Waals surface area contributed by atoms with E-state index >= 15 is 0 Å². The second kappa shape index (κ2) is 10.3. The predicted octanol–water partition coefficient (Wildman–Crippen LogP) is 4.56. The van der Waals surface area contributed by atoms with Crippen LogP contribution in [0.25, 0.3) is 0 Å². The van der Waals surface area contributed by atoms with Gasteiger partial charge >= 0.3 is 12.3 Å². The average Bonchev–Trinajstić information content (AvgIpc) is 3.61. The molecule has 1 aromatic heterocycles. The number of aromatic amines is 1. The molecule has 15 heteroatoms. The first-order valence-corrected chi connectivity index (χ1v) is 14.0. The smallest absolute Gasteiger partial charge is 0.427 e. The molecule has 1 atom stereocenters. The van der Waals surface area contributed by atoms with Crippen molar-refractivity contribution < 1.29 is 35.9 Å². The largest absolute Gasteiger partial charge is 0.486 e. The maximum atomic E-state index is 13.9. The highest BCUT2D eigenvalue weighted by Gasteiger charge is 2.51. The number of benzene rings is 2. The molecule has 214 valence electrons. The third-order valence-electron chi connectivity index (χ3n) is 6.74. The van der Waals surface area contributed by atoms with Gasteiger partial charge in [-0.1, -0.05) is 17.3 Å². The van der Waals surface area contributed by atoms with Gasteiger partial charge in [0.25, 0.3) is 10.0 Å². The van der Waals surface area contributed by atoms with E-state index in [2.05, 4.69) is 30.7 Å². The summed E-state index contributed by atoms with van der Waals surface area (Å²) in [5.74, 6) is 0.999. The van der Waals surface area contributed by atoms with Gasteiger partial charge in [0.15, 0.2) is 5.82 Å². The molecule has 1 saturated carbocycles. The van der Waals surface area contributed by atoms with Gasteiger partial charge in [0.05, 0.1) is 17.1 Å². The van der Waals surface area contributed by atoms with Crippen LogP contribution in [0.15, 0.2) is 47.4 Å².